The molecule has 0 heterocycles. The Kier molecular flexibility index (Phi) is 4.15. The van der Waals surface area contributed by atoms with Crippen LogP contribution in [0.2, 0.25) is 0 Å². The summed E-state index contributed by atoms with van der Waals surface area (Å²) < 4.78 is 0. The molecular formula is C13H21NO. The van der Waals surface area contributed by atoms with Crippen LogP contribution in [0.4, 0.5) is 0 Å². The van der Waals surface area contributed by atoms with E-state index in [1.807, 2.05) is 13.0 Å². The highest BCUT2D eigenvalue weighted by atomic mass is 16.3. The fraction of sp³-hybridized carbons (Fsp3) is 0.538. The fourth-order valence-electron chi connectivity index (χ4n) is 1.68. The molecule has 0 aliphatic carbocycles. The van der Waals surface area contributed by atoms with Crippen LogP contribution in [0, 0.1) is 13.8 Å². The summed E-state index contributed by atoms with van der Waals surface area (Å²) >= 11 is 0. The third-order valence-electron chi connectivity index (χ3n) is 2.98. The third-order valence-corrected chi connectivity index (χ3v) is 2.98. The summed E-state index contributed by atoms with van der Waals surface area (Å²) in [4.78, 5) is 2.30. The molecule has 0 bridgehead atoms. The van der Waals surface area contributed by atoms with Crippen LogP contribution in [-0.2, 0) is 6.54 Å². The zero-order chi connectivity index (χ0) is 11.4. The first-order chi connectivity index (χ1) is 7.08. The Bertz CT molecular complexity index is 330. The van der Waals surface area contributed by atoms with Crippen LogP contribution in [-0.4, -0.2) is 23.1 Å². The summed E-state index contributed by atoms with van der Waals surface area (Å²) in [7, 11) is 0. The largest absolute Gasteiger partial charge is 0.508 e. The lowest BCUT2D eigenvalue weighted by atomic mass is 10.0. The van der Waals surface area contributed by atoms with Gasteiger partial charge in [0, 0.05) is 12.1 Å². The van der Waals surface area contributed by atoms with Gasteiger partial charge in [-0.25, -0.2) is 0 Å². The Morgan fingerprint density at radius 3 is 2.13 bits per heavy atom. The molecule has 1 N–H and O–H groups in total. The summed E-state index contributed by atoms with van der Waals surface area (Å²) in [6, 6.07) is 3.94. The van der Waals surface area contributed by atoms with Crippen molar-refractivity contribution >= 4 is 0 Å². The molecule has 0 fully saturated rings. The van der Waals surface area contributed by atoms with E-state index >= 15 is 0 Å². The smallest absolute Gasteiger partial charge is 0.120 e. The van der Waals surface area contributed by atoms with E-state index in [1.165, 1.54) is 5.56 Å². The van der Waals surface area contributed by atoms with Crippen LogP contribution in [0.5, 0.6) is 5.75 Å². The van der Waals surface area contributed by atoms with Gasteiger partial charge in [-0.15, -0.1) is 0 Å². The molecule has 0 atom stereocenters. The molecule has 0 saturated carbocycles. The van der Waals surface area contributed by atoms with Crippen molar-refractivity contribution in [2.75, 3.05) is 13.1 Å². The van der Waals surface area contributed by atoms with E-state index in [9.17, 15) is 5.11 Å². The molecule has 0 radical (unpaired) electrons. The molecular weight excluding hydrogens is 186 g/mol. The number of rotatable bonds is 4. The second-order valence-corrected chi connectivity index (χ2v) is 4.03. The predicted octanol–water partition coefficient (Wildman–Crippen LogP) is 2.85. The SMILES string of the molecule is CCN(CC)Cc1cc(C)c(C)cc1O. The Hall–Kier alpha value is -1.02. The summed E-state index contributed by atoms with van der Waals surface area (Å²) in [5.74, 6) is 0.421. The van der Waals surface area contributed by atoms with Gasteiger partial charge in [0.1, 0.15) is 5.75 Å². The van der Waals surface area contributed by atoms with Gasteiger partial charge in [0.15, 0.2) is 0 Å². The van der Waals surface area contributed by atoms with Crippen molar-refractivity contribution in [3.8, 4) is 5.75 Å². The van der Waals surface area contributed by atoms with Crippen molar-refractivity contribution in [2.45, 2.75) is 34.2 Å². The van der Waals surface area contributed by atoms with Gasteiger partial charge >= 0.3 is 0 Å². The number of benzene rings is 1. The number of aryl methyl sites for hydroxylation is 2. The van der Waals surface area contributed by atoms with Crippen LogP contribution < -0.4 is 0 Å². The topological polar surface area (TPSA) is 23.5 Å². The first kappa shape index (κ1) is 12.1. The van der Waals surface area contributed by atoms with Crippen LogP contribution in [0.25, 0.3) is 0 Å². The van der Waals surface area contributed by atoms with Crippen LogP contribution in [0.3, 0.4) is 0 Å². The summed E-state index contributed by atoms with van der Waals surface area (Å²) in [5.41, 5.74) is 3.42. The van der Waals surface area contributed by atoms with Gasteiger partial charge in [0.2, 0.25) is 0 Å². The molecule has 1 rings (SSSR count). The van der Waals surface area contributed by atoms with E-state index in [4.69, 9.17) is 0 Å². The highest BCUT2D eigenvalue weighted by Gasteiger charge is 2.07. The van der Waals surface area contributed by atoms with Crippen molar-refractivity contribution in [2.24, 2.45) is 0 Å². The Labute approximate surface area is 92.5 Å². The maximum atomic E-state index is 9.83. The molecule has 1 aromatic rings. The van der Waals surface area contributed by atoms with Gasteiger partial charge in [0.05, 0.1) is 0 Å². The number of hydrogen-bond donors (Lipinski definition) is 1. The molecule has 2 heteroatoms. The molecule has 0 aliphatic heterocycles. The first-order valence-electron chi connectivity index (χ1n) is 5.59. The standard InChI is InChI=1S/C13H21NO/c1-5-14(6-2)9-12-7-10(3)11(4)8-13(12)15/h7-8,15H,5-6,9H2,1-4H3. The average molecular weight is 207 g/mol. The minimum absolute atomic E-state index is 0.421. The summed E-state index contributed by atoms with van der Waals surface area (Å²) in [5, 5.41) is 9.83. The number of nitrogens with zero attached hydrogens (tertiary/aromatic N) is 1. The van der Waals surface area contributed by atoms with E-state index in [0.717, 1.165) is 30.8 Å². The second kappa shape index (κ2) is 5.17. The minimum atomic E-state index is 0.421. The lowest BCUT2D eigenvalue weighted by molar-refractivity contribution is 0.290. The summed E-state index contributed by atoms with van der Waals surface area (Å²) in [6.45, 7) is 11.3. The number of phenolic OH excluding ortho intramolecular Hbond substituents is 1. The third kappa shape index (κ3) is 2.96. The average Bonchev–Trinajstić information content (AvgIpc) is 2.21. The van der Waals surface area contributed by atoms with E-state index in [-0.39, 0.29) is 0 Å². The summed E-state index contributed by atoms with van der Waals surface area (Å²) in [6.07, 6.45) is 0. The molecule has 0 saturated heterocycles. The van der Waals surface area contributed by atoms with Gasteiger partial charge in [-0.2, -0.15) is 0 Å². The fourth-order valence-corrected chi connectivity index (χ4v) is 1.68. The molecule has 0 amide bonds. The van der Waals surface area contributed by atoms with Crippen LogP contribution >= 0.6 is 0 Å². The lowest BCUT2D eigenvalue weighted by Crippen LogP contribution is -2.22. The number of hydrogen-bond acceptors (Lipinski definition) is 2. The van der Waals surface area contributed by atoms with E-state index < -0.39 is 0 Å². The van der Waals surface area contributed by atoms with Crippen molar-refractivity contribution in [1.82, 2.24) is 4.90 Å². The van der Waals surface area contributed by atoms with Crippen LogP contribution in [0.1, 0.15) is 30.5 Å². The number of phenols is 1. The van der Waals surface area contributed by atoms with Gasteiger partial charge in [-0.05, 0) is 44.1 Å². The number of aromatic hydroxyl groups is 1. The quantitative estimate of drug-likeness (QED) is 0.820. The van der Waals surface area contributed by atoms with E-state index in [1.54, 1.807) is 0 Å². The highest BCUT2D eigenvalue weighted by Crippen LogP contribution is 2.23. The maximum Gasteiger partial charge on any atom is 0.120 e. The lowest BCUT2D eigenvalue weighted by Gasteiger charge is -2.19. The van der Waals surface area contributed by atoms with Crippen molar-refractivity contribution < 1.29 is 5.11 Å². The molecule has 15 heavy (non-hydrogen) atoms. The van der Waals surface area contributed by atoms with Gasteiger partial charge in [-0.1, -0.05) is 19.9 Å². The Morgan fingerprint density at radius 1 is 1.07 bits per heavy atom. The Balaban J connectivity index is 2.89. The minimum Gasteiger partial charge on any atom is -0.508 e. The van der Waals surface area contributed by atoms with Crippen molar-refractivity contribution in [3.05, 3.63) is 28.8 Å². The molecule has 0 aromatic heterocycles. The molecule has 0 aliphatic rings. The molecule has 0 spiro atoms. The zero-order valence-electron chi connectivity index (χ0n) is 10.2. The van der Waals surface area contributed by atoms with Gasteiger partial charge < -0.3 is 5.11 Å². The van der Waals surface area contributed by atoms with Gasteiger partial charge in [-0.3, -0.25) is 4.90 Å². The van der Waals surface area contributed by atoms with Crippen molar-refractivity contribution in [1.29, 1.82) is 0 Å². The maximum absolute atomic E-state index is 9.83. The Morgan fingerprint density at radius 2 is 1.60 bits per heavy atom. The van der Waals surface area contributed by atoms with Gasteiger partial charge in [0.25, 0.3) is 0 Å². The normalized spacial score (nSPS) is 11.0. The highest BCUT2D eigenvalue weighted by molar-refractivity contribution is 5.40. The molecule has 1 aromatic carbocycles. The van der Waals surface area contributed by atoms with E-state index in [2.05, 4.69) is 31.7 Å². The molecule has 0 unspecified atom stereocenters. The van der Waals surface area contributed by atoms with Crippen molar-refractivity contribution in [3.63, 3.8) is 0 Å². The first-order valence-corrected chi connectivity index (χ1v) is 5.59. The monoisotopic (exact) mass is 207 g/mol. The second-order valence-electron chi connectivity index (χ2n) is 4.03. The van der Waals surface area contributed by atoms with Crippen LogP contribution in [0.15, 0.2) is 12.1 Å². The molecule has 2 nitrogen and oxygen atoms in total. The van der Waals surface area contributed by atoms with E-state index in [0.29, 0.717) is 5.75 Å². The predicted molar refractivity (Wildman–Crippen MR) is 64.2 cm³/mol. The zero-order valence-corrected chi connectivity index (χ0v) is 10.2. The molecule has 84 valence electrons.